The molecule has 1 aliphatic rings. The van der Waals surface area contributed by atoms with Crippen molar-refractivity contribution in [2.24, 2.45) is 0 Å². The molecule has 1 heterocycles. The van der Waals surface area contributed by atoms with Crippen LogP contribution >= 0.6 is 0 Å². The van der Waals surface area contributed by atoms with Gasteiger partial charge in [0.15, 0.2) is 6.10 Å². The number of carboxylic acids is 1. The van der Waals surface area contributed by atoms with Crippen molar-refractivity contribution in [2.45, 2.75) is 19.4 Å². The highest BCUT2D eigenvalue weighted by Gasteiger charge is 2.35. The SMILES string of the molecule is C=C(C)CN1C(=O)C(CC(=O)O)Oc2ccccc21. The molecular weight excluding hydrogens is 246 g/mol. The molecule has 0 aliphatic carbocycles. The van der Waals surface area contributed by atoms with E-state index in [1.807, 2.05) is 6.92 Å². The Morgan fingerprint density at radius 1 is 1.47 bits per heavy atom. The van der Waals surface area contributed by atoms with E-state index in [1.54, 1.807) is 24.3 Å². The Kier molecular flexibility index (Phi) is 3.55. The van der Waals surface area contributed by atoms with E-state index >= 15 is 0 Å². The molecule has 1 aliphatic heterocycles. The molecule has 0 radical (unpaired) electrons. The number of hydrogen-bond acceptors (Lipinski definition) is 3. The normalized spacial score (nSPS) is 17.6. The minimum Gasteiger partial charge on any atom is -0.481 e. The van der Waals surface area contributed by atoms with Crippen LogP contribution in [0.4, 0.5) is 5.69 Å². The maximum atomic E-state index is 12.3. The number of benzene rings is 1. The summed E-state index contributed by atoms with van der Waals surface area (Å²) in [7, 11) is 0. The van der Waals surface area contributed by atoms with Crippen molar-refractivity contribution in [2.75, 3.05) is 11.4 Å². The molecule has 0 saturated heterocycles. The first-order valence-electron chi connectivity index (χ1n) is 5.92. The number of carbonyl (C=O) groups excluding carboxylic acids is 1. The van der Waals surface area contributed by atoms with E-state index < -0.39 is 12.1 Å². The van der Waals surface area contributed by atoms with Gasteiger partial charge in [0.1, 0.15) is 5.75 Å². The Morgan fingerprint density at radius 2 is 2.16 bits per heavy atom. The van der Waals surface area contributed by atoms with E-state index in [2.05, 4.69) is 6.58 Å². The van der Waals surface area contributed by atoms with Crippen molar-refractivity contribution in [1.82, 2.24) is 0 Å². The topological polar surface area (TPSA) is 66.8 Å². The zero-order valence-corrected chi connectivity index (χ0v) is 10.6. The summed E-state index contributed by atoms with van der Waals surface area (Å²) in [5.74, 6) is -0.883. The number of para-hydroxylation sites is 2. The van der Waals surface area contributed by atoms with Crippen molar-refractivity contribution in [3.63, 3.8) is 0 Å². The Labute approximate surface area is 111 Å². The summed E-state index contributed by atoms with van der Waals surface area (Å²) in [6.07, 6.45) is -1.33. The van der Waals surface area contributed by atoms with Crippen LogP contribution in [0, 0.1) is 0 Å². The molecule has 1 unspecified atom stereocenters. The molecule has 5 nitrogen and oxygen atoms in total. The lowest BCUT2D eigenvalue weighted by molar-refractivity contribution is -0.142. The van der Waals surface area contributed by atoms with Crippen LogP contribution in [-0.2, 0) is 9.59 Å². The van der Waals surface area contributed by atoms with Crippen LogP contribution in [0.25, 0.3) is 0 Å². The Bertz CT molecular complexity index is 538. The highest BCUT2D eigenvalue weighted by Crippen LogP contribution is 2.34. The zero-order chi connectivity index (χ0) is 14.0. The average Bonchev–Trinajstić information content (AvgIpc) is 2.33. The van der Waals surface area contributed by atoms with Gasteiger partial charge in [0.2, 0.25) is 0 Å². The number of rotatable bonds is 4. The second kappa shape index (κ2) is 5.14. The average molecular weight is 261 g/mol. The minimum absolute atomic E-state index is 0.343. The predicted molar refractivity (Wildman–Crippen MR) is 70.3 cm³/mol. The first-order chi connectivity index (χ1) is 8.99. The molecule has 0 aromatic heterocycles. The van der Waals surface area contributed by atoms with Crippen LogP contribution in [0.15, 0.2) is 36.4 Å². The minimum atomic E-state index is -1.06. The van der Waals surface area contributed by atoms with Crippen LogP contribution in [-0.4, -0.2) is 29.6 Å². The number of anilines is 1. The summed E-state index contributed by atoms with van der Waals surface area (Å²) >= 11 is 0. The molecule has 0 spiro atoms. The van der Waals surface area contributed by atoms with Gasteiger partial charge in [0.05, 0.1) is 12.1 Å². The Hall–Kier alpha value is -2.30. The van der Waals surface area contributed by atoms with Gasteiger partial charge in [-0.05, 0) is 19.1 Å². The number of carboxylic acid groups (broad SMARTS) is 1. The third-order valence-corrected chi connectivity index (χ3v) is 2.75. The molecular formula is C14H15NO4. The van der Waals surface area contributed by atoms with Gasteiger partial charge in [-0.3, -0.25) is 9.59 Å². The van der Waals surface area contributed by atoms with Crippen molar-refractivity contribution in [1.29, 1.82) is 0 Å². The van der Waals surface area contributed by atoms with Crippen LogP contribution in [0.1, 0.15) is 13.3 Å². The second-order valence-electron chi connectivity index (χ2n) is 4.55. The summed E-state index contributed by atoms with van der Waals surface area (Å²) in [5.41, 5.74) is 1.47. The van der Waals surface area contributed by atoms with Crippen LogP contribution in [0.2, 0.25) is 0 Å². The number of nitrogens with zero attached hydrogens (tertiary/aromatic N) is 1. The van der Waals surface area contributed by atoms with E-state index in [0.29, 0.717) is 18.0 Å². The largest absolute Gasteiger partial charge is 0.481 e. The fourth-order valence-electron chi connectivity index (χ4n) is 2.00. The van der Waals surface area contributed by atoms with Gasteiger partial charge in [-0.1, -0.05) is 24.3 Å². The third kappa shape index (κ3) is 2.76. The molecule has 1 amide bonds. The van der Waals surface area contributed by atoms with Crippen LogP contribution < -0.4 is 9.64 Å². The molecule has 5 heteroatoms. The zero-order valence-electron chi connectivity index (χ0n) is 10.6. The highest BCUT2D eigenvalue weighted by atomic mass is 16.5. The lowest BCUT2D eigenvalue weighted by Crippen LogP contribution is -2.47. The van der Waals surface area contributed by atoms with Crippen LogP contribution in [0.3, 0.4) is 0 Å². The van der Waals surface area contributed by atoms with E-state index in [9.17, 15) is 9.59 Å². The molecule has 0 fully saturated rings. The highest BCUT2D eigenvalue weighted by molar-refractivity contribution is 6.01. The van der Waals surface area contributed by atoms with E-state index in [1.165, 1.54) is 4.90 Å². The number of carbonyl (C=O) groups is 2. The number of fused-ring (bicyclic) bond motifs is 1. The summed E-state index contributed by atoms with van der Waals surface area (Å²) < 4.78 is 5.47. The van der Waals surface area contributed by atoms with Gasteiger partial charge in [-0.2, -0.15) is 0 Å². The Balaban J connectivity index is 2.36. The van der Waals surface area contributed by atoms with E-state index in [0.717, 1.165) is 5.57 Å². The fourth-order valence-corrected chi connectivity index (χ4v) is 2.00. The van der Waals surface area contributed by atoms with Crippen LogP contribution in [0.5, 0.6) is 5.75 Å². The molecule has 1 aromatic rings. The molecule has 100 valence electrons. The van der Waals surface area contributed by atoms with Crippen molar-refractivity contribution < 1.29 is 19.4 Å². The number of hydrogen-bond donors (Lipinski definition) is 1. The van der Waals surface area contributed by atoms with E-state index in [-0.39, 0.29) is 12.3 Å². The van der Waals surface area contributed by atoms with Gasteiger partial charge in [0.25, 0.3) is 5.91 Å². The van der Waals surface area contributed by atoms with Crippen molar-refractivity contribution in [3.8, 4) is 5.75 Å². The lowest BCUT2D eigenvalue weighted by Gasteiger charge is -2.34. The van der Waals surface area contributed by atoms with Crippen molar-refractivity contribution >= 4 is 17.6 Å². The third-order valence-electron chi connectivity index (χ3n) is 2.75. The first kappa shape index (κ1) is 13.1. The van der Waals surface area contributed by atoms with Gasteiger partial charge in [-0.25, -0.2) is 0 Å². The molecule has 0 saturated carbocycles. The fraction of sp³-hybridized carbons (Fsp3) is 0.286. The maximum absolute atomic E-state index is 12.3. The quantitative estimate of drug-likeness (QED) is 0.840. The summed E-state index contributed by atoms with van der Waals surface area (Å²) in [6, 6.07) is 7.08. The maximum Gasteiger partial charge on any atom is 0.307 e. The van der Waals surface area contributed by atoms with Gasteiger partial charge in [-0.15, -0.1) is 0 Å². The van der Waals surface area contributed by atoms with Crippen molar-refractivity contribution in [3.05, 3.63) is 36.4 Å². The summed E-state index contributed by atoms with van der Waals surface area (Å²) in [5, 5.41) is 8.83. The number of ether oxygens (including phenoxy) is 1. The van der Waals surface area contributed by atoms with Gasteiger partial charge >= 0.3 is 5.97 Å². The van der Waals surface area contributed by atoms with Gasteiger partial charge < -0.3 is 14.7 Å². The molecule has 1 aromatic carbocycles. The summed E-state index contributed by atoms with van der Waals surface area (Å²) in [6.45, 7) is 5.97. The molecule has 2 rings (SSSR count). The molecule has 0 bridgehead atoms. The molecule has 1 atom stereocenters. The smallest absolute Gasteiger partial charge is 0.307 e. The molecule has 1 N–H and O–H groups in total. The lowest BCUT2D eigenvalue weighted by atomic mass is 10.1. The monoisotopic (exact) mass is 261 g/mol. The number of aliphatic carboxylic acids is 1. The molecule has 19 heavy (non-hydrogen) atoms. The van der Waals surface area contributed by atoms with Gasteiger partial charge in [0, 0.05) is 6.54 Å². The predicted octanol–water partition coefficient (Wildman–Crippen LogP) is 1.83. The van der Waals surface area contributed by atoms with E-state index in [4.69, 9.17) is 9.84 Å². The Morgan fingerprint density at radius 3 is 2.79 bits per heavy atom. The number of amides is 1. The summed E-state index contributed by atoms with van der Waals surface area (Å²) in [4.78, 5) is 24.6. The first-order valence-corrected chi connectivity index (χ1v) is 5.92. The second-order valence-corrected chi connectivity index (χ2v) is 4.55. The standard InChI is InChI=1S/C14H15NO4/c1-9(2)8-15-10-5-3-4-6-11(10)19-12(14(15)18)7-13(16)17/h3-6,12H,1,7-8H2,2H3,(H,16,17).